The van der Waals surface area contributed by atoms with Crippen LogP contribution in [0.2, 0.25) is 0 Å². The van der Waals surface area contributed by atoms with Crippen molar-refractivity contribution in [1.29, 1.82) is 0 Å². The zero-order valence-electron chi connectivity index (χ0n) is 14.7. The van der Waals surface area contributed by atoms with Gasteiger partial charge >= 0.3 is 12.1 Å². The lowest BCUT2D eigenvalue weighted by molar-refractivity contribution is -0.289. The van der Waals surface area contributed by atoms with Crippen LogP contribution in [0.3, 0.4) is 0 Å². The van der Waals surface area contributed by atoms with E-state index in [1.165, 1.54) is 18.7 Å². The van der Waals surface area contributed by atoms with Gasteiger partial charge in [-0.15, -0.1) is 0 Å². The van der Waals surface area contributed by atoms with Crippen LogP contribution in [0.5, 0.6) is 5.75 Å². The van der Waals surface area contributed by atoms with Gasteiger partial charge in [-0.25, -0.2) is 0 Å². The van der Waals surface area contributed by atoms with Gasteiger partial charge < -0.3 is 9.64 Å². The van der Waals surface area contributed by atoms with Crippen LogP contribution in [0.15, 0.2) is 18.2 Å². The highest BCUT2D eigenvalue weighted by atomic mass is 19.4. The number of piperidine rings is 1. The first-order chi connectivity index (χ1) is 12.4. The topological polar surface area (TPSA) is 46.6 Å². The summed E-state index contributed by atoms with van der Waals surface area (Å²) in [6, 6.07) is 1.01. The molecule has 2 heterocycles. The van der Waals surface area contributed by atoms with E-state index in [1.54, 1.807) is 0 Å². The largest absolute Gasteiger partial charge is 0.480 e. The van der Waals surface area contributed by atoms with Crippen molar-refractivity contribution in [2.24, 2.45) is 0 Å². The lowest BCUT2D eigenvalue weighted by Crippen LogP contribution is -2.53. The predicted octanol–water partition coefficient (Wildman–Crippen LogP) is 4.13. The van der Waals surface area contributed by atoms with E-state index >= 15 is 0 Å². The molecule has 1 fully saturated rings. The van der Waals surface area contributed by atoms with E-state index in [0.29, 0.717) is 25.0 Å². The van der Waals surface area contributed by atoms with Gasteiger partial charge in [-0.2, -0.15) is 22.0 Å². The summed E-state index contributed by atoms with van der Waals surface area (Å²) in [6.07, 6.45) is -4.34. The monoisotopic (exact) mass is 391 g/mol. The number of alkyl halides is 5. The predicted molar refractivity (Wildman–Crippen MR) is 84.4 cm³/mol. The Morgan fingerprint density at radius 3 is 2.37 bits per heavy atom. The van der Waals surface area contributed by atoms with Crippen molar-refractivity contribution >= 4 is 11.7 Å². The number of ether oxygens (including phenoxy) is 1. The molecular formula is C18H18F5NO3. The van der Waals surface area contributed by atoms with Crippen LogP contribution in [0.25, 0.3) is 0 Å². The van der Waals surface area contributed by atoms with Gasteiger partial charge in [0.25, 0.3) is 0 Å². The van der Waals surface area contributed by atoms with Gasteiger partial charge in [0.15, 0.2) is 5.60 Å². The van der Waals surface area contributed by atoms with Crippen LogP contribution in [0.1, 0.15) is 50.3 Å². The first-order valence-electron chi connectivity index (χ1n) is 8.48. The maximum atomic E-state index is 13.8. The molecule has 0 spiro atoms. The summed E-state index contributed by atoms with van der Waals surface area (Å²) in [5.74, 6) is -5.97. The average molecular weight is 391 g/mol. The van der Waals surface area contributed by atoms with Crippen molar-refractivity contribution < 1.29 is 36.3 Å². The van der Waals surface area contributed by atoms with Gasteiger partial charge in [0.2, 0.25) is 11.7 Å². The summed E-state index contributed by atoms with van der Waals surface area (Å²) in [6.45, 7) is 3.17. The Morgan fingerprint density at radius 1 is 1.11 bits per heavy atom. The number of fused-ring (bicyclic) bond motifs is 1. The number of rotatable bonds is 2. The van der Waals surface area contributed by atoms with Crippen molar-refractivity contribution in [3.8, 4) is 5.75 Å². The zero-order chi connectivity index (χ0) is 20.2. The molecule has 1 amide bonds. The van der Waals surface area contributed by atoms with Gasteiger partial charge in [0.1, 0.15) is 11.8 Å². The number of hydrogen-bond donors (Lipinski definition) is 0. The molecule has 1 atom stereocenters. The van der Waals surface area contributed by atoms with E-state index < -0.39 is 35.1 Å². The van der Waals surface area contributed by atoms with Crippen LogP contribution in [-0.4, -0.2) is 34.9 Å². The second-order valence-electron chi connectivity index (χ2n) is 7.25. The van der Waals surface area contributed by atoms with E-state index in [4.69, 9.17) is 4.74 Å². The van der Waals surface area contributed by atoms with Crippen molar-refractivity contribution in [1.82, 2.24) is 4.90 Å². The van der Waals surface area contributed by atoms with Crippen LogP contribution >= 0.6 is 0 Å². The third-order valence-corrected chi connectivity index (χ3v) is 4.90. The molecule has 2 aliphatic rings. The van der Waals surface area contributed by atoms with Crippen molar-refractivity contribution in [2.45, 2.75) is 56.9 Å². The minimum absolute atomic E-state index is 0.0182. The normalized spacial score (nSPS) is 23.1. The summed E-state index contributed by atoms with van der Waals surface area (Å²) in [5.41, 5.74) is -2.78. The maximum Gasteiger partial charge on any atom is 0.458 e. The molecule has 0 aromatic heterocycles. The summed E-state index contributed by atoms with van der Waals surface area (Å²) in [7, 11) is 0. The first-order valence-corrected chi connectivity index (χ1v) is 8.48. The number of carbonyl (C=O) groups excluding carboxylic acids is 2. The molecule has 2 aliphatic heterocycles. The number of ketones is 1. The SMILES string of the molecule is CC1(C)Oc2ccc(C(F)(F)C(F)(F)F)cc2C(N2CCCCC2=O)C1=O. The fraction of sp³-hybridized carbons (Fsp3) is 0.556. The Balaban J connectivity index is 2.14. The Hall–Kier alpha value is -2.19. The third-order valence-electron chi connectivity index (χ3n) is 4.90. The molecular weight excluding hydrogens is 373 g/mol. The van der Waals surface area contributed by atoms with Crippen LogP contribution in [0, 0.1) is 0 Å². The van der Waals surface area contributed by atoms with Crippen molar-refractivity contribution in [2.75, 3.05) is 6.54 Å². The van der Waals surface area contributed by atoms with Crippen LogP contribution in [0.4, 0.5) is 22.0 Å². The van der Waals surface area contributed by atoms with Gasteiger partial charge in [-0.3, -0.25) is 9.59 Å². The number of likely N-dealkylation sites (tertiary alicyclic amines) is 1. The third kappa shape index (κ3) is 3.17. The van der Waals surface area contributed by atoms with Crippen molar-refractivity contribution in [3.63, 3.8) is 0 Å². The first kappa shape index (κ1) is 19.6. The summed E-state index contributed by atoms with van der Waals surface area (Å²) in [5, 5.41) is 0. The van der Waals surface area contributed by atoms with E-state index in [9.17, 15) is 31.5 Å². The standard InChI is InChI=1S/C18H18F5NO3/c1-16(2)15(26)14(24-8-4-3-5-13(24)25)11-9-10(6-7-12(11)27-16)17(19,20)18(21,22)23/h6-7,9,14H,3-5,8H2,1-2H3. The van der Waals surface area contributed by atoms with E-state index in [0.717, 1.165) is 6.07 Å². The quantitative estimate of drug-likeness (QED) is 0.712. The van der Waals surface area contributed by atoms with E-state index in [-0.39, 0.29) is 30.2 Å². The summed E-state index contributed by atoms with van der Waals surface area (Å²) in [4.78, 5) is 26.4. The number of nitrogens with zero attached hydrogens (tertiary/aromatic N) is 1. The molecule has 3 rings (SSSR count). The van der Waals surface area contributed by atoms with Crippen molar-refractivity contribution in [3.05, 3.63) is 29.3 Å². The molecule has 1 aromatic rings. The highest BCUT2D eigenvalue weighted by Crippen LogP contribution is 2.48. The molecule has 27 heavy (non-hydrogen) atoms. The molecule has 0 radical (unpaired) electrons. The molecule has 0 bridgehead atoms. The Morgan fingerprint density at radius 2 is 1.78 bits per heavy atom. The number of hydrogen-bond acceptors (Lipinski definition) is 3. The molecule has 9 heteroatoms. The van der Waals surface area contributed by atoms with Gasteiger partial charge in [0.05, 0.1) is 0 Å². The Labute approximate surface area is 152 Å². The second-order valence-corrected chi connectivity index (χ2v) is 7.25. The lowest BCUT2D eigenvalue weighted by Gasteiger charge is -2.42. The number of carbonyl (C=O) groups is 2. The number of halogens is 5. The highest BCUT2D eigenvalue weighted by molar-refractivity contribution is 5.97. The van der Waals surface area contributed by atoms with Crippen LogP contribution in [-0.2, 0) is 15.5 Å². The molecule has 148 valence electrons. The van der Waals surface area contributed by atoms with Crippen LogP contribution < -0.4 is 4.74 Å². The Kier molecular flexibility index (Phi) is 4.47. The molecule has 0 saturated carbocycles. The second kappa shape index (κ2) is 6.17. The fourth-order valence-corrected chi connectivity index (χ4v) is 3.42. The minimum atomic E-state index is -5.78. The molecule has 0 aliphatic carbocycles. The van der Waals surface area contributed by atoms with Gasteiger partial charge in [-0.1, -0.05) is 0 Å². The summed E-state index contributed by atoms with van der Waals surface area (Å²) < 4.78 is 71.4. The molecule has 4 nitrogen and oxygen atoms in total. The minimum Gasteiger partial charge on any atom is -0.480 e. The lowest BCUT2D eigenvalue weighted by atomic mass is 9.85. The zero-order valence-corrected chi connectivity index (χ0v) is 14.7. The van der Waals surface area contributed by atoms with Gasteiger partial charge in [-0.05, 0) is 44.9 Å². The number of amides is 1. The molecule has 1 unspecified atom stereocenters. The van der Waals surface area contributed by atoms with Gasteiger partial charge in [0, 0.05) is 24.1 Å². The van der Waals surface area contributed by atoms with E-state index in [1.807, 2.05) is 0 Å². The Bertz CT molecular complexity index is 788. The summed E-state index contributed by atoms with van der Waals surface area (Å²) >= 11 is 0. The molecule has 0 N–H and O–H groups in total. The fourth-order valence-electron chi connectivity index (χ4n) is 3.42. The average Bonchev–Trinajstić information content (AvgIpc) is 2.55. The molecule has 1 aromatic carbocycles. The molecule has 1 saturated heterocycles. The highest BCUT2D eigenvalue weighted by Gasteiger charge is 2.59. The maximum absolute atomic E-state index is 13.8. The van der Waals surface area contributed by atoms with E-state index in [2.05, 4.69) is 0 Å². The smallest absolute Gasteiger partial charge is 0.458 e. The number of Topliss-reactive ketones (excluding diaryl/α,β-unsaturated/α-hetero) is 1. The number of benzene rings is 1.